The minimum absolute atomic E-state index is 0.0993. The molecule has 0 radical (unpaired) electrons. The molecular formula is C32H48N4O6. The predicted octanol–water partition coefficient (Wildman–Crippen LogP) is 3.43. The van der Waals surface area contributed by atoms with Gasteiger partial charge < -0.3 is 25.6 Å². The second kappa shape index (κ2) is 13.7. The van der Waals surface area contributed by atoms with Crippen molar-refractivity contribution in [3.63, 3.8) is 0 Å². The summed E-state index contributed by atoms with van der Waals surface area (Å²) < 4.78 is 5.49. The van der Waals surface area contributed by atoms with Gasteiger partial charge in [0.25, 0.3) is 5.91 Å². The van der Waals surface area contributed by atoms with Crippen LogP contribution in [-0.2, 0) is 23.9 Å². The third-order valence-electron chi connectivity index (χ3n) is 8.59. The third-order valence-corrected chi connectivity index (χ3v) is 8.59. The number of carbonyl (C=O) groups is 5. The van der Waals surface area contributed by atoms with Crippen molar-refractivity contribution in [3.05, 3.63) is 37.5 Å². The summed E-state index contributed by atoms with van der Waals surface area (Å²) in [5.41, 5.74) is -0.916. The van der Waals surface area contributed by atoms with Crippen LogP contribution in [0.25, 0.3) is 0 Å². The molecule has 2 aliphatic carbocycles. The highest BCUT2D eigenvalue weighted by molar-refractivity contribution is 6.38. The topological polar surface area (TPSA) is 134 Å². The van der Waals surface area contributed by atoms with Crippen LogP contribution in [-0.4, -0.2) is 71.3 Å². The molecular weight excluding hydrogens is 536 g/mol. The van der Waals surface area contributed by atoms with Crippen LogP contribution < -0.4 is 16.0 Å². The number of nitrogens with zero attached hydrogens (tertiary/aromatic N) is 1. The fourth-order valence-electron chi connectivity index (χ4n) is 6.29. The number of alkyl carbamates (subject to hydrolysis) is 1. The summed E-state index contributed by atoms with van der Waals surface area (Å²) in [4.78, 5) is 68.0. The summed E-state index contributed by atoms with van der Waals surface area (Å²) in [6.07, 6.45) is 10.5. The van der Waals surface area contributed by atoms with Crippen molar-refractivity contribution in [1.82, 2.24) is 20.9 Å². The molecule has 1 saturated heterocycles. The minimum atomic E-state index is -1.07. The van der Waals surface area contributed by atoms with E-state index in [0.717, 1.165) is 19.3 Å². The molecule has 42 heavy (non-hydrogen) atoms. The summed E-state index contributed by atoms with van der Waals surface area (Å²) in [5.74, 6) is -2.67. The van der Waals surface area contributed by atoms with Gasteiger partial charge in [0, 0.05) is 19.0 Å². The number of fused-ring (bicyclic) bond motifs is 1. The van der Waals surface area contributed by atoms with Crippen LogP contribution >= 0.6 is 0 Å². The Bertz CT molecular complexity index is 1110. The number of hydrogen-bond donors (Lipinski definition) is 3. The van der Waals surface area contributed by atoms with Crippen LogP contribution in [0, 0.1) is 23.2 Å². The van der Waals surface area contributed by atoms with E-state index < -0.39 is 47.4 Å². The van der Waals surface area contributed by atoms with E-state index in [1.165, 1.54) is 6.08 Å². The Morgan fingerprint density at radius 1 is 1.10 bits per heavy atom. The lowest BCUT2D eigenvalue weighted by atomic mass is 9.92. The van der Waals surface area contributed by atoms with Gasteiger partial charge >= 0.3 is 6.09 Å². The van der Waals surface area contributed by atoms with Gasteiger partial charge in [-0.2, -0.15) is 0 Å². The molecule has 6 atom stereocenters. The molecule has 1 aliphatic heterocycles. The maximum absolute atomic E-state index is 14.3. The van der Waals surface area contributed by atoms with Crippen LogP contribution in [0.5, 0.6) is 0 Å². The molecule has 2 fully saturated rings. The van der Waals surface area contributed by atoms with Crippen LogP contribution in [0.2, 0.25) is 0 Å². The number of ketones is 1. The van der Waals surface area contributed by atoms with E-state index in [-0.39, 0.29) is 42.0 Å². The number of piperidine rings is 1. The van der Waals surface area contributed by atoms with Crippen molar-refractivity contribution in [1.29, 1.82) is 0 Å². The first-order chi connectivity index (χ1) is 19.7. The van der Waals surface area contributed by atoms with Crippen molar-refractivity contribution in [3.8, 4) is 0 Å². The van der Waals surface area contributed by atoms with Crippen molar-refractivity contribution in [2.75, 3.05) is 13.1 Å². The first-order valence-corrected chi connectivity index (χ1v) is 15.0. The van der Waals surface area contributed by atoms with Crippen LogP contribution in [0.1, 0.15) is 73.1 Å². The van der Waals surface area contributed by atoms with E-state index >= 15 is 0 Å². The SMILES string of the molecule is C=CCC[C@H](NC(=O)[C@@H]1[C@@H]2[C@H](CN1C(=O)C(NC(=O)OC(C)(C)C)C1C=CCCCC1)C2(C)C)C(=O)C(=O)NCC=C. The maximum Gasteiger partial charge on any atom is 0.408 e. The third kappa shape index (κ3) is 7.89. The zero-order valence-electron chi connectivity index (χ0n) is 25.7. The average molecular weight is 585 g/mol. The molecule has 0 bridgehead atoms. The van der Waals surface area contributed by atoms with Crippen molar-refractivity contribution >= 4 is 29.6 Å². The second-order valence-electron chi connectivity index (χ2n) is 13.2. The highest BCUT2D eigenvalue weighted by Crippen LogP contribution is 2.65. The standard InChI is InChI=1S/C32H48N4O6/c1-8-10-17-22(26(37)28(39)33-18-9-2)34-27(38)25-23-21(32(23,6)7)19-36(25)29(40)24(20-15-13-11-12-14-16-20)35-30(41)42-31(3,4)5/h8-9,13,15,20-25H,1-2,10-12,14,16-19H2,3-7H3,(H,33,39)(H,34,38)(H,35,41)/t20?,21-,22-,23-,24?,25-/m0/s1. The fraction of sp³-hybridized carbons (Fsp3) is 0.656. The lowest BCUT2D eigenvalue weighted by Crippen LogP contribution is -2.59. The lowest BCUT2D eigenvalue weighted by Gasteiger charge is -2.35. The summed E-state index contributed by atoms with van der Waals surface area (Å²) in [6, 6.07) is -2.82. The van der Waals surface area contributed by atoms with Gasteiger partial charge in [0.15, 0.2) is 0 Å². The summed E-state index contributed by atoms with van der Waals surface area (Å²) in [5, 5.41) is 8.08. The van der Waals surface area contributed by atoms with Gasteiger partial charge in [-0.25, -0.2) is 4.79 Å². The molecule has 1 heterocycles. The smallest absolute Gasteiger partial charge is 0.408 e. The van der Waals surface area contributed by atoms with Gasteiger partial charge in [0.05, 0.1) is 6.04 Å². The van der Waals surface area contributed by atoms with Crippen molar-refractivity contribution in [2.45, 2.75) is 96.9 Å². The largest absolute Gasteiger partial charge is 0.444 e. The molecule has 4 amide bonds. The van der Waals surface area contributed by atoms with Crippen molar-refractivity contribution in [2.24, 2.45) is 23.2 Å². The number of carbonyl (C=O) groups excluding carboxylic acids is 5. The van der Waals surface area contributed by atoms with E-state index in [2.05, 4.69) is 43.0 Å². The molecule has 3 aliphatic rings. The van der Waals surface area contributed by atoms with Gasteiger partial charge in [-0.05, 0) is 70.1 Å². The molecule has 0 aromatic carbocycles. The van der Waals surface area contributed by atoms with Gasteiger partial charge in [-0.1, -0.05) is 44.6 Å². The zero-order valence-corrected chi connectivity index (χ0v) is 25.7. The monoisotopic (exact) mass is 584 g/mol. The Kier molecular flexibility index (Phi) is 10.8. The number of likely N-dealkylation sites (tertiary alicyclic amines) is 1. The maximum atomic E-state index is 14.3. The summed E-state index contributed by atoms with van der Waals surface area (Å²) in [6.45, 7) is 17.1. The number of amides is 4. The van der Waals surface area contributed by atoms with E-state index in [9.17, 15) is 24.0 Å². The van der Waals surface area contributed by atoms with Gasteiger partial charge in [-0.3, -0.25) is 19.2 Å². The minimum Gasteiger partial charge on any atom is -0.444 e. The molecule has 2 unspecified atom stereocenters. The highest BCUT2D eigenvalue weighted by atomic mass is 16.6. The van der Waals surface area contributed by atoms with E-state index in [4.69, 9.17) is 4.74 Å². The number of nitrogens with one attached hydrogen (secondary N) is 3. The molecule has 232 valence electrons. The van der Waals surface area contributed by atoms with Crippen LogP contribution in [0.15, 0.2) is 37.5 Å². The first kappa shape index (κ1) is 33.1. The number of rotatable bonds is 12. The van der Waals surface area contributed by atoms with E-state index in [1.54, 1.807) is 31.7 Å². The normalized spacial score (nSPS) is 25.6. The Labute approximate surface area is 249 Å². The number of Topliss-reactive ketones (excluding diaryl/α,β-unsaturated/α-hetero) is 1. The Hall–Kier alpha value is -3.43. The van der Waals surface area contributed by atoms with Crippen LogP contribution in [0.4, 0.5) is 4.79 Å². The first-order valence-electron chi connectivity index (χ1n) is 15.0. The van der Waals surface area contributed by atoms with Crippen LogP contribution in [0.3, 0.4) is 0 Å². The van der Waals surface area contributed by atoms with Gasteiger partial charge in [0.1, 0.15) is 17.7 Å². The lowest BCUT2D eigenvalue weighted by molar-refractivity contribution is -0.144. The second-order valence-corrected chi connectivity index (χ2v) is 13.2. The highest BCUT2D eigenvalue weighted by Gasteiger charge is 2.69. The molecule has 10 nitrogen and oxygen atoms in total. The fourth-order valence-corrected chi connectivity index (χ4v) is 6.29. The summed E-state index contributed by atoms with van der Waals surface area (Å²) in [7, 11) is 0. The summed E-state index contributed by atoms with van der Waals surface area (Å²) >= 11 is 0. The van der Waals surface area contributed by atoms with E-state index in [1.807, 2.05) is 12.2 Å². The Morgan fingerprint density at radius 3 is 2.45 bits per heavy atom. The van der Waals surface area contributed by atoms with Gasteiger partial charge in [0.2, 0.25) is 17.6 Å². The number of allylic oxidation sites excluding steroid dienone is 2. The molecule has 0 spiro atoms. The molecule has 1 saturated carbocycles. The quantitative estimate of drug-likeness (QED) is 0.238. The molecule has 0 aromatic rings. The van der Waals surface area contributed by atoms with Crippen molar-refractivity contribution < 1.29 is 28.7 Å². The Balaban J connectivity index is 1.88. The molecule has 3 rings (SSSR count). The predicted molar refractivity (Wildman–Crippen MR) is 160 cm³/mol. The van der Waals surface area contributed by atoms with E-state index in [0.29, 0.717) is 19.4 Å². The average Bonchev–Trinajstić information content (AvgIpc) is 3.33. The van der Waals surface area contributed by atoms with Gasteiger partial charge in [-0.15, -0.1) is 13.2 Å². The molecule has 0 aromatic heterocycles. The molecule has 3 N–H and O–H groups in total. The Morgan fingerprint density at radius 2 is 1.81 bits per heavy atom. The molecule has 10 heteroatoms. The zero-order chi connectivity index (χ0) is 31.2. The number of ether oxygens (including phenoxy) is 1. The number of hydrogen-bond acceptors (Lipinski definition) is 6.